The topological polar surface area (TPSA) is 28.2 Å². The van der Waals surface area contributed by atoms with Gasteiger partial charge in [-0.05, 0) is 39.3 Å². The number of hydrogen-bond donors (Lipinski definition) is 1. The van der Waals surface area contributed by atoms with Crippen LogP contribution in [0.4, 0.5) is 0 Å². The Kier molecular flexibility index (Phi) is 3.23. The van der Waals surface area contributed by atoms with Crippen LogP contribution in [0.1, 0.15) is 33.3 Å². The van der Waals surface area contributed by atoms with E-state index in [4.69, 9.17) is 0 Å². The highest BCUT2D eigenvalue weighted by Gasteiger charge is 2.40. The Morgan fingerprint density at radius 2 is 1.88 bits per heavy atom. The number of rotatable bonds is 2. The van der Waals surface area contributed by atoms with Gasteiger partial charge in [-0.2, -0.15) is 0 Å². The van der Waals surface area contributed by atoms with E-state index >= 15 is 0 Å². The molecule has 0 aliphatic carbocycles. The molecule has 0 unspecified atom stereocenters. The lowest BCUT2D eigenvalue weighted by Crippen LogP contribution is -2.67. The van der Waals surface area contributed by atoms with Crippen LogP contribution < -0.4 is 5.32 Å². The first-order valence-electron chi connectivity index (χ1n) is 6.29. The molecular formula is C14H23N3. The third kappa shape index (κ3) is 2.67. The van der Waals surface area contributed by atoms with E-state index in [1.165, 1.54) is 5.56 Å². The maximum absolute atomic E-state index is 4.20. The van der Waals surface area contributed by atoms with Crippen LogP contribution in [0.2, 0.25) is 0 Å². The summed E-state index contributed by atoms with van der Waals surface area (Å²) in [5, 5.41) is 3.52. The maximum Gasteiger partial charge on any atom is 0.0312 e. The van der Waals surface area contributed by atoms with Crippen molar-refractivity contribution in [2.45, 2.75) is 45.3 Å². The van der Waals surface area contributed by atoms with E-state index in [0.717, 1.165) is 19.6 Å². The van der Waals surface area contributed by atoms with Gasteiger partial charge in [0.25, 0.3) is 0 Å². The summed E-state index contributed by atoms with van der Waals surface area (Å²) >= 11 is 0. The van der Waals surface area contributed by atoms with Crippen LogP contribution in [0.15, 0.2) is 24.5 Å². The standard InChI is InChI=1S/C14H23N3/c1-13(2)10-16-11-14(3,4)17(13)9-12-6-5-7-15-8-12/h5-8,16H,9-11H2,1-4H3. The van der Waals surface area contributed by atoms with Crippen molar-refractivity contribution < 1.29 is 0 Å². The number of piperazine rings is 1. The van der Waals surface area contributed by atoms with Crippen molar-refractivity contribution in [3.8, 4) is 0 Å². The second-order valence-electron chi connectivity index (χ2n) is 6.18. The first-order valence-corrected chi connectivity index (χ1v) is 6.29. The molecule has 0 amide bonds. The Balaban J connectivity index is 2.21. The molecule has 0 spiro atoms. The molecule has 0 saturated carbocycles. The van der Waals surface area contributed by atoms with Gasteiger partial charge in [0.1, 0.15) is 0 Å². The largest absolute Gasteiger partial charge is 0.313 e. The molecule has 1 aliphatic rings. The molecule has 17 heavy (non-hydrogen) atoms. The van der Waals surface area contributed by atoms with E-state index in [2.05, 4.69) is 49.0 Å². The van der Waals surface area contributed by atoms with Gasteiger partial charge in [0.2, 0.25) is 0 Å². The second kappa shape index (κ2) is 4.39. The van der Waals surface area contributed by atoms with E-state index in [1.54, 1.807) is 0 Å². The molecule has 1 N–H and O–H groups in total. The molecule has 1 saturated heterocycles. The number of pyridine rings is 1. The van der Waals surface area contributed by atoms with Crippen molar-refractivity contribution >= 4 is 0 Å². The van der Waals surface area contributed by atoms with Crippen molar-refractivity contribution in [2.75, 3.05) is 13.1 Å². The predicted molar refractivity (Wildman–Crippen MR) is 70.8 cm³/mol. The van der Waals surface area contributed by atoms with Gasteiger partial charge in [-0.25, -0.2) is 0 Å². The summed E-state index contributed by atoms with van der Waals surface area (Å²) in [4.78, 5) is 6.78. The lowest BCUT2D eigenvalue weighted by atomic mass is 9.88. The summed E-state index contributed by atoms with van der Waals surface area (Å²) in [6.07, 6.45) is 3.80. The molecule has 3 nitrogen and oxygen atoms in total. The van der Waals surface area contributed by atoms with Crippen LogP contribution in [-0.2, 0) is 6.54 Å². The Morgan fingerprint density at radius 3 is 2.41 bits per heavy atom. The summed E-state index contributed by atoms with van der Waals surface area (Å²) in [5.41, 5.74) is 1.64. The van der Waals surface area contributed by atoms with Gasteiger partial charge >= 0.3 is 0 Å². The number of nitrogens with one attached hydrogen (secondary N) is 1. The van der Waals surface area contributed by atoms with Crippen molar-refractivity contribution in [1.29, 1.82) is 0 Å². The van der Waals surface area contributed by atoms with Crippen LogP contribution in [-0.4, -0.2) is 34.1 Å². The Morgan fingerprint density at radius 1 is 1.24 bits per heavy atom. The molecule has 1 fully saturated rings. The van der Waals surface area contributed by atoms with Crippen LogP contribution >= 0.6 is 0 Å². The van der Waals surface area contributed by atoms with E-state index in [-0.39, 0.29) is 11.1 Å². The molecule has 94 valence electrons. The van der Waals surface area contributed by atoms with Gasteiger partial charge < -0.3 is 5.32 Å². The minimum Gasteiger partial charge on any atom is -0.313 e. The van der Waals surface area contributed by atoms with Gasteiger partial charge in [-0.1, -0.05) is 6.07 Å². The third-order valence-electron chi connectivity index (χ3n) is 3.64. The van der Waals surface area contributed by atoms with Crippen LogP contribution in [0.5, 0.6) is 0 Å². The summed E-state index contributed by atoms with van der Waals surface area (Å²) in [6.45, 7) is 12.3. The molecule has 2 heterocycles. The van der Waals surface area contributed by atoms with Gasteiger partial charge in [0, 0.05) is 43.1 Å². The molecule has 0 radical (unpaired) electrons. The first kappa shape index (κ1) is 12.5. The Labute approximate surface area is 104 Å². The summed E-state index contributed by atoms with van der Waals surface area (Å²) in [5.74, 6) is 0. The fourth-order valence-corrected chi connectivity index (χ4v) is 2.79. The smallest absolute Gasteiger partial charge is 0.0312 e. The second-order valence-corrected chi connectivity index (χ2v) is 6.18. The third-order valence-corrected chi connectivity index (χ3v) is 3.64. The zero-order valence-electron chi connectivity index (χ0n) is 11.3. The number of hydrogen-bond acceptors (Lipinski definition) is 3. The molecule has 1 aromatic heterocycles. The van der Waals surface area contributed by atoms with Gasteiger partial charge in [-0.3, -0.25) is 9.88 Å². The summed E-state index contributed by atoms with van der Waals surface area (Å²) in [6, 6.07) is 4.17. The van der Waals surface area contributed by atoms with E-state index < -0.39 is 0 Å². The van der Waals surface area contributed by atoms with Crippen LogP contribution in [0.25, 0.3) is 0 Å². The summed E-state index contributed by atoms with van der Waals surface area (Å²) in [7, 11) is 0. The molecule has 1 aliphatic heterocycles. The number of aromatic nitrogens is 1. The highest BCUT2D eigenvalue weighted by atomic mass is 15.3. The molecule has 0 bridgehead atoms. The van der Waals surface area contributed by atoms with E-state index in [0.29, 0.717) is 0 Å². The Hall–Kier alpha value is -0.930. The van der Waals surface area contributed by atoms with Crippen LogP contribution in [0.3, 0.4) is 0 Å². The quantitative estimate of drug-likeness (QED) is 0.847. The normalized spacial score (nSPS) is 23.5. The predicted octanol–water partition coefficient (Wildman–Crippen LogP) is 2.04. The molecule has 1 aromatic rings. The van der Waals surface area contributed by atoms with Gasteiger partial charge in [0.15, 0.2) is 0 Å². The Bertz CT molecular complexity index is 354. The van der Waals surface area contributed by atoms with Crippen molar-refractivity contribution in [1.82, 2.24) is 15.2 Å². The minimum atomic E-state index is 0.178. The van der Waals surface area contributed by atoms with Gasteiger partial charge in [-0.15, -0.1) is 0 Å². The fourth-order valence-electron chi connectivity index (χ4n) is 2.79. The van der Waals surface area contributed by atoms with Crippen molar-refractivity contribution in [3.63, 3.8) is 0 Å². The SMILES string of the molecule is CC1(C)CNCC(C)(C)N1Cc1cccnc1. The minimum absolute atomic E-state index is 0.178. The highest BCUT2D eigenvalue weighted by molar-refractivity contribution is 5.11. The molecule has 0 aromatic carbocycles. The first-order chi connectivity index (χ1) is 7.92. The summed E-state index contributed by atoms with van der Waals surface area (Å²) < 4.78 is 0. The van der Waals surface area contributed by atoms with Crippen LogP contribution in [0, 0.1) is 0 Å². The van der Waals surface area contributed by atoms with Gasteiger partial charge in [0.05, 0.1) is 0 Å². The van der Waals surface area contributed by atoms with Crippen molar-refractivity contribution in [2.24, 2.45) is 0 Å². The molecular weight excluding hydrogens is 210 g/mol. The number of nitrogens with zero attached hydrogens (tertiary/aromatic N) is 2. The average molecular weight is 233 g/mol. The fraction of sp³-hybridized carbons (Fsp3) is 0.643. The van der Waals surface area contributed by atoms with E-state index in [1.807, 2.05) is 18.5 Å². The lowest BCUT2D eigenvalue weighted by molar-refractivity contribution is -0.0205. The zero-order valence-corrected chi connectivity index (χ0v) is 11.3. The maximum atomic E-state index is 4.20. The molecule has 2 rings (SSSR count). The average Bonchev–Trinajstić information content (AvgIpc) is 2.25. The highest BCUT2D eigenvalue weighted by Crippen LogP contribution is 2.29. The molecule has 3 heteroatoms. The zero-order chi connectivity index (χ0) is 12.5. The molecule has 0 atom stereocenters. The monoisotopic (exact) mass is 233 g/mol. The van der Waals surface area contributed by atoms with Crippen molar-refractivity contribution in [3.05, 3.63) is 30.1 Å². The lowest BCUT2D eigenvalue weighted by Gasteiger charge is -2.53. The van der Waals surface area contributed by atoms with E-state index in [9.17, 15) is 0 Å².